The van der Waals surface area contributed by atoms with Crippen LogP contribution in [0.2, 0.25) is 0 Å². The second-order valence-electron chi connectivity index (χ2n) is 6.74. The van der Waals surface area contributed by atoms with E-state index in [1.807, 2.05) is 26.0 Å². The number of rotatable bonds is 1. The Morgan fingerprint density at radius 3 is 2.68 bits per heavy atom. The minimum absolute atomic E-state index is 0.0951. The van der Waals surface area contributed by atoms with Gasteiger partial charge in [-0.05, 0) is 29.8 Å². The number of ether oxygens (including phenoxy) is 1. The normalized spacial score (nSPS) is 14.7. The van der Waals surface area contributed by atoms with Crippen molar-refractivity contribution in [3.63, 3.8) is 0 Å². The zero-order valence-corrected chi connectivity index (χ0v) is 14.1. The summed E-state index contributed by atoms with van der Waals surface area (Å²) in [5, 5.41) is 20.1. The molecule has 2 aromatic carbocycles. The summed E-state index contributed by atoms with van der Waals surface area (Å²) in [6.45, 7) is 4.04. The molecule has 0 amide bonds. The molecule has 0 saturated heterocycles. The third kappa shape index (κ3) is 1.85. The van der Waals surface area contributed by atoms with Crippen molar-refractivity contribution in [3.05, 3.63) is 58.3 Å². The van der Waals surface area contributed by atoms with Crippen LogP contribution in [-0.2, 0) is 5.41 Å². The van der Waals surface area contributed by atoms with Gasteiger partial charge in [0.05, 0.1) is 23.8 Å². The topological polar surface area (TPSA) is 86.1 Å². The number of H-pyrrole nitrogens is 1. The number of ketones is 1. The maximum Gasteiger partial charge on any atom is 0.195 e. The molecule has 124 valence electrons. The van der Waals surface area contributed by atoms with Gasteiger partial charge in [-0.3, -0.25) is 4.79 Å². The molecule has 5 nitrogen and oxygen atoms in total. The molecule has 0 bridgehead atoms. The van der Waals surface area contributed by atoms with E-state index in [2.05, 4.69) is 4.98 Å². The number of methoxy groups -OCH3 is 1. The second-order valence-corrected chi connectivity index (χ2v) is 6.74. The summed E-state index contributed by atoms with van der Waals surface area (Å²) < 4.78 is 5.31. The lowest BCUT2D eigenvalue weighted by atomic mass is 9.71. The average molecular weight is 332 g/mol. The standard InChI is InChI=1S/C20H16N2O3/c1-20(2)14-8-11(25-3)5-7-12(14)18(24)15-13-6-4-10(9-21)17(23)16(13)22-19(15)20/h4-8,22-23H,1-3H3. The molecule has 0 atom stereocenters. The molecular weight excluding hydrogens is 316 g/mol. The number of hydrogen-bond donors (Lipinski definition) is 2. The third-order valence-electron chi connectivity index (χ3n) is 5.06. The Kier molecular flexibility index (Phi) is 2.98. The van der Waals surface area contributed by atoms with Gasteiger partial charge in [-0.25, -0.2) is 0 Å². The molecule has 0 radical (unpaired) electrons. The Morgan fingerprint density at radius 2 is 2.00 bits per heavy atom. The molecule has 0 aliphatic heterocycles. The molecular formula is C20H16N2O3. The average Bonchev–Trinajstić information content (AvgIpc) is 3.01. The van der Waals surface area contributed by atoms with Gasteiger partial charge < -0.3 is 14.8 Å². The number of aromatic hydroxyl groups is 1. The van der Waals surface area contributed by atoms with Gasteiger partial charge >= 0.3 is 0 Å². The van der Waals surface area contributed by atoms with Gasteiger partial charge in [-0.15, -0.1) is 0 Å². The van der Waals surface area contributed by atoms with Gasteiger partial charge in [-0.2, -0.15) is 5.26 Å². The molecule has 0 fully saturated rings. The Balaban J connectivity index is 2.09. The van der Waals surface area contributed by atoms with Gasteiger partial charge in [0, 0.05) is 22.1 Å². The third-order valence-corrected chi connectivity index (χ3v) is 5.06. The molecule has 3 aromatic rings. The molecule has 4 rings (SSSR count). The number of hydrogen-bond acceptors (Lipinski definition) is 4. The molecule has 1 heterocycles. The van der Waals surface area contributed by atoms with Crippen molar-refractivity contribution >= 4 is 16.7 Å². The van der Waals surface area contributed by atoms with Crippen LogP contribution >= 0.6 is 0 Å². The lowest BCUT2D eigenvalue weighted by molar-refractivity contribution is 0.103. The van der Waals surface area contributed by atoms with Crippen LogP contribution in [0, 0.1) is 11.3 Å². The predicted octanol–water partition coefficient (Wildman–Crippen LogP) is 3.62. The van der Waals surface area contributed by atoms with Crippen molar-refractivity contribution in [1.82, 2.24) is 4.98 Å². The van der Waals surface area contributed by atoms with Crippen molar-refractivity contribution in [2.75, 3.05) is 7.11 Å². The molecule has 1 aliphatic rings. The maximum absolute atomic E-state index is 13.1. The molecule has 5 heteroatoms. The first kappa shape index (κ1) is 15.3. The number of nitriles is 1. The number of carbonyl (C=O) groups excluding carboxylic acids is 1. The Hall–Kier alpha value is -3.26. The van der Waals surface area contributed by atoms with Crippen molar-refractivity contribution in [1.29, 1.82) is 5.26 Å². The van der Waals surface area contributed by atoms with E-state index in [1.165, 1.54) is 6.07 Å². The summed E-state index contributed by atoms with van der Waals surface area (Å²) in [6, 6.07) is 10.6. The van der Waals surface area contributed by atoms with Crippen LogP contribution in [0.25, 0.3) is 10.9 Å². The molecule has 25 heavy (non-hydrogen) atoms. The minimum Gasteiger partial charge on any atom is -0.504 e. The van der Waals surface area contributed by atoms with Crippen LogP contribution in [0.5, 0.6) is 11.5 Å². The number of phenols is 1. The van der Waals surface area contributed by atoms with E-state index in [0.29, 0.717) is 27.8 Å². The summed E-state index contributed by atoms with van der Waals surface area (Å²) in [5.41, 5.74) is 2.90. The Morgan fingerprint density at radius 1 is 1.24 bits per heavy atom. The molecule has 1 aromatic heterocycles. The zero-order valence-electron chi connectivity index (χ0n) is 14.1. The van der Waals surface area contributed by atoms with Crippen LogP contribution in [0.15, 0.2) is 30.3 Å². The van der Waals surface area contributed by atoms with Gasteiger partial charge in [0.2, 0.25) is 0 Å². The van der Waals surface area contributed by atoms with E-state index in [1.54, 1.807) is 25.3 Å². The monoisotopic (exact) mass is 332 g/mol. The SMILES string of the molecule is COc1ccc2c(c1)C(C)(C)c1[nH]c3c(O)c(C#N)ccc3c1C2=O. The quantitative estimate of drug-likeness (QED) is 0.712. The highest BCUT2D eigenvalue weighted by Gasteiger charge is 2.40. The van der Waals surface area contributed by atoms with Crippen LogP contribution in [0.3, 0.4) is 0 Å². The van der Waals surface area contributed by atoms with E-state index in [9.17, 15) is 9.90 Å². The number of aromatic amines is 1. The fraction of sp³-hybridized carbons (Fsp3) is 0.200. The number of nitrogens with one attached hydrogen (secondary N) is 1. The largest absolute Gasteiger partial charge is 0.504 e. The Bertz CT molecular complexity index is 1100. The molecule has 0 unspecified atom stereocenters. The summed E-state index contributed by atoms with van der Waals surface area (Å²) in [6.07, 6.45) is 0. The summed E-state index contributed by atoms with van der Waals surface area (Å²) in [5.74, 6) is 0.468. The van der Waals surface area contributed by atoms with E-state index < -0.39 is 5.41 Å². The summed E-state index contributed by atoms with van der Waals surface area (Å²) >= 11 is 0. The lowest BCUT2D eigenvalue weighted by Gasteiger charge is -2.32. The minimum atomic E-state index is -0.481. The van der Waals surface area contributed by atoms with Gasteiger partial charge in [0.25, 0.3) is 0 Å². The first-order valence-corrected chi connectivity index (χ1v) is 7.91. The van der Waals surface area contributed by atoms with Crippen molar-refractivity contribution in [2.45, 2.75) is 19.3 Å². The van der Waals surface area contributed by atoms with Crippen LogP contribution in [-0.4, -0.2) is 23.0 Å². The first-order valence-electron chi connectivity index (χ1n) is 7.91. The van der Waals surface area contributed by atoms with E-state index in [0.717, 1.165) is 11.3 Å². The van der Waals surface area contributed by atoms with Gasteiger partial charge in [-0.1, -0.05) is 19.9 Å². The highest BCUT2D eigenvalue weighted by atomic mass is 16.5. The predicted molar refractivity (Wildman–Crippen MR) is 93.2 cm³/mol. The highest BCUT2D eigenvalue weighted by molar-refractivity contribution is 6.20. The van der Waals surface area contributed by atoms with Crippen molar-refractivity contribution in [2.24, 2.45) is 0 Å². The number of benzene rings is 2. The summed E-state index contributed by atoms with van der Waals surface area (Å²) in [7, 11) is 1.59. The zero-order chi connectivity index (χ0) is 17.9. The Labute approximate surface area is 144 Å². The fourth-order valence-corrected chi connectivity index (χ4v) is 3.68. The first-order chi connectivity index (χ1) is 11.9. The van der Waals surface area contributed by atoms with Crippen molar-refractivity contribution in [3.8, 4) is 17.6 Å². The second kappa shape index (κ2) is 4.87. The fourth-order valence-electron chi connectivity index (χ4n) is 3.68. The number of phenolic OH excluding ortho intramolecular Hbond substituents is 1. The number of aromatic nitrogens is 1. The van der Waals surface area contributed by atoms with Gasteiger partial charge in [0.1, 0.15) is 11.8 Å². The number of nitrogens with zero attached hydrogens (tertiary/aromatic N) is 1. The summed E-state index contributed by atoms with van der Waals surface area (Å²) in [4.78, 5) is 16.3. The van der Waals surface area contributed by atoms with Crippen LogP contribution in [0.1, 0.15) is 46.6 Å². The van der Waals surface area contributed by atoms with Crippen molar-refractivity contribution < 1.29 is 14.6 Å². The van der Waals surface area contributed by atoms with E-state index in [-0.39, 0.29) is 17.1 Å². The van der Waals surface area contributed by atoms with Gasteiger partial charge in [0.15, 0.2) is 11.5 Å². The highest BCUT2D eigenvalue weighted by Crippen LogP contribution is 2.46. The van der Waals surface area contributed by atoms with E-state index >= 15 is 0 Å². The molecule has 2 N–H and O–H groups in total. The van der Waals surface area contributed by atoms with Crippen LogP contribution in [0.4, 0.5) is 0 Å². The molecule has 0 saturated carbocycles. The lowest BCUT2D eigenvalue weighted by Crippen LogP contribution is -2.30. The molecule has 1 aliphatic carbocycles. The number of carbonyl (C=O) groups is 1. The van der Waals surface area contributed by atoms with Crippen LogP contribution < -0.4 is 4.74 Å². The number of fused-ring (bicyclic) bond motifs is 4. The molecule has 0 spiro atoms. The smallest absolute Gasteiger partial charge is 0.195 e. The maximum atomic E-state index is 13.1. The van der Waals surface area contributed by atoms with E-state index in [4.69, 9.17) is 10.00 Å².